The summed E-state index contributed by atoms with van der Waals surface area (Å²) in [6, 6.07) is 2.25. The fourth-order valence-electron chi connectivity index (χ4n) is 3.47. The third kappa shape index (κ3) is 4.79. The Bertz CT molecular complexity index is 886. The monoisotopic (exact) mass is 418 g/mol. The molecule has 2 aromatic rings. The molecular formula is C20H30N6O2S. The van der Waals surface area contributed by atoms with E-state index in [4.69, 9.17) is 4.98 Å². The van der Waals surface area contributed by atoms with Gasteiger partial charge in [-0.2, -0.15) is 0 Å². The van der Waals surface area contributed by atoms with Gasteiger partial charge in [0.2, 0.25) is 5.91 Å². The van der Waals surface area contributed by atoms with E-state index < -0.39 is 0 Å². The minimum Gasteiger partial charge on any atom is -0.376 e. The van der Waals surface area contributed by atoms with Crippen molar-refractivity contribution in [2.45, 2.75) is 19.9 Å². The number of thiophene rings is 1. The van der Waals surface area contributed by atoms with E-state index in [9.17, 15) is 9.59 Å². The molecule has 158 valence electrons. The standard InChI is InChI=1S/C20H30N6O2S/c1-13(2)22-17(27)11-25-6-8-26(9-7-25)16-10-15(24(4)5)19-18(23-16)14(12-29-19)20(28)21-3/h10,12-13H,6-9,11H2,1-5H3,(H,21,28)(H,22,27). The van der Waals surface area contributed by atoms with Gasteiger partial charge >= 0.3 is 0 Å². The Morgan fingerprint density at radius 1 is 1.24 bits per heavy atom. The van der Waals surface area contributed by atoms with Crippen LogP contribution >= 0.6 is 11.3 Å². The SMILES string of the molecule is CNC(=O)c1csc2c(N(C)C)cc(N3CCN(CC(=O)NC(C)C)CC3)nc12. The van der Waals surface area contributed by atoms with Gasteiger partial charge in [0.25, 0.3) is 5.91 Å². The number of anilines is 2. The summed E-state index contributed by atoms with van der Waals surface area (Å²) in [6.45, 7) is 7.55. The number of carbonyl (C=O) groups excluding carboxylic acids is 2. The Morgan fingerprint density at radius 3 is 2.52 bits per heavy atom. The number of piperazine rings is 1. The van der Waals surface area contributed by atoms with Crippen molar-refractivity contribution in [2.24, 2.45) is 0 Å². The van der Waals surface area contributed by atoms with Crippen LogP contribution < -0.4 is 20.4 Å². The molecule has 1 saturated heterocycles. The molecule has 3 rings (SSSR count). The highest BCUT2D eigenvalue weighted by atomic mass is 32.1. The molecule has 2 N–H and O–H groups in total. The van der Waals surface area contributed by atoms with Crippen LogP contribution in [0, 0.1) is 0 Å². The molecule has 0 atom stereocenters. The van der Waals surface area contributed by atoms with Gasteiger partial charge in [0.1, 0.15) is 5.82 Å². The van der Waals surface area contributed by atoms with Crippen LogP contribution in [0.1, 0.15) is 24.2 Å². The van der Waals surface area contributed by atoms with E-state index in [1.54, 1.807) is 18.4 Å². The number of nitrogens with zero attached hydrogens (tertiary/aromatic N) is 4. The fraction of sp³-hybridized carbons (Fsp3) is 0.550. The highest BCUT2D eigenvalue weighted by Crippen LogP contribution is 2.35. The molecule has 1 aliphatic heterocycles. The highest BCUT2D eigenvalue weighted by Gasteiger charge is 2.23. The van der Waals surface area contributed by atoms with Gasteiger partial charge in [-0.15, -0.1) is 11.3 Å². The number of rotatable bonds is 6. The number of carbonyl (C=O) groups is 2. The number of hydrogen-bond acceptors (Lipinski definition) is 7. The Kier molecular flexibility index (Phi) is 6.59. The van der Waals surface area contributed by atoms with E-state index in [0.29, 0.717) is 12.1 Å². The molecule has 0 saturated carbocycles. The van der Waals surface area contributed by atoms with Crippen molar-refractivity contribution in [1.82, 2.24) is 20.5 Å². The van der Waals surface area contributed by atoms with Crippen molar-refractivity contribution >= 4 is 44.9 Å². The van der Waals surface area contributed by atoms with E-state index in [1.165, 1.54) is 0 Å². The smallest absolute Gasteiger partial charge is 0.254 e. The van der Waals surface area contributed by atoms with Crippen LogP contribution in [0.4, 0.5) is 11.5 Å². The van der Waals surface area contributed by atoms with Gasteiger partial charge in [0, 0.05) is 64.8 Å². The molecule has 8 nitrogen and oxygen atoms in total. The van der Waals surface area contributed by atoms with E-state index >= 15 is 0 Å². The predicted octanol–water partition coefficient (Wildman–Crippen LogP) is 1.37. The summed E-state index contributed by atoms with van der Waals surface area (Å²) >= 11 is 1.54. The first-order valence-electron chi connectivity index (χ1n) is 9.88. The summed E-state index contributed by atoms with van der Waals surface area (Å²) in [6.07, 6.45) is 0. The van der Waals surface area contributed by atoms with Gasteiger partial charge in [0.15, 0.2) is 0 Å². The Morgan fingerprint density at radius 2 is 1.93 bits per heavy atom. The lowest BCUT2D eigenvalue weighted by Gasteiger charge is -2.35. The average molecular weight is 419 g/mol. The van der Waals surface area contributed by atoms with Crippen molar-refractivity contribution in [3.63, 3.8) is 0 Å². The molecule has 1 fully saturated rings. The number of nitrogens with one attached hydrogen (secondary N) is 2. The van der Waals surface area contributed by atoms with E-state index in [2.05, 4.69) is 31.4 Å². The molecule has 9 heteroatoms. The molecule has 29 heavy (non-hydrogen) atoms. The quantitative estimate of drug-likeness (QED) is 0.738. The second-order valence-corrected chi connectivity index (χ2v) is 8.67. The number of aromatic nitrogens is 1. The van der Waals surface area contributed by atoms with Gasteiger partial charge in [-0.1, -0.05) is 0 Å². The minimum atomic E-state index is -0.119. The van der Waals surface area contributed by atoms with Crippen molar-refractivity contribution in [2.75, 3.05) is 63.7 Å². The maximum atomic E-state index is 12.3. The summed E-state index contributed by atoms with van der Waals surface area (Å²) in [5.74, 6) is 0.819. The molecule has 0 bridgehead atoms. The molecule has 2 amide bonds. The summed E-state index contributed by atoms with van der Waals surface area (Å²) in [4.78, 5) is 35.6. The number of amides is 2. The van der Waals surface area contributed by atoms with Gasteiger partial charge in [-0.3, -0.25) is 14.5 Å². The lowest BCUT2D eigenvalue weighted by molar-refractivity contribution is -0.122. The molecule has 0 radical (unpaired) electrons. The lowest BCUT2D eigenvalue weighted by Crippen LogP contribution is -2.50. The molecular weight excluding hydrogens is 388 g/mol. The summed E-state index contributed by atoms with van der Waals surface area (Å²) in [5.41, 5.74) is 2.42. The summed E-state index contributed by atoms with van der Waals surface area (Å²) in [5, 5.41) is 7.52. The molecule has 0 unspecified atom stereocenters. The van der Waals surface area contributed by atoms with Crippen LogP contribution in [0.3, 0.4) is 0 Å². The molecule has 1 aliphatic rings. The second kappa shape index (κ2) is 8.96. The van der Waals surface area contributed by atoms with E-state index in [-0.39, 0.29) is 17.9 Å². The van der Waals surface area contributed by atoms with Crippen LogP contribution in [0.5, 0.6) is 0 Å². The van der Waals surface area contributed by atoms with Crippen LogP contribution in [0.25, 0.3) is 10.2 Å². The zero-order valence-electron chi connectivity index (χ0n) is 17.8. The zero-order valence-corrected chi connectivity index (χ0v) is 18.6. The van der Waals surface area contributed by atoms with Crippen LogP contribution in [-0.4, -0.2) is 81.6 Å². The highest BCUT2D eigenvalue weighted by molar-refractivity contribution is 7.18. The van der Waals surface area contributed by atoms with Gasteiger partial charge < -0.3 is 20.4 Å². The van der Waals surface area contributed by atoms with Crippen molar-refractivity contribution < 1.29 is 9.59 Å². The van der Waals surface area contributed by atoms with Crippen LogP contribution in [-0.2, 0) is 4.79 Å². The molecule has 2 aromatic heterocycles. The largest absolute Gasteiger partial charge is 0.376 e. The predicted molar refractivity (Wildman–Crippen MR) is 119 cm³/mol. The molecule has 0 aromatic carbocycles. The lowest BCUT2D eigenvalue weighted by atomic mass is 10.2. The van der Waals surface area contributed by atoms with Crippen molar-refractivity contribution in [3.05, 3.63) is 17.0 Å². The maximum absolute atomic E-state index is 12.3. The minimum absolute atomic E-state index is 0.0661. The van der Waals surface area contributed by atoms with Crippen molar-refractivity contribution in [3.8, 4) is 0 Å². The number of fused-ring (bicyclic) bond motifs is 1. The average Bonchev–Trinajstić information content (AvgIpc) is 3.10. The Balaban J connectivity index is 1.80. The molecule has 0 aliphatic carbocycles. The summed E-state index contributed by atoms with van der Waals surface area (Å²) in [7, 11) is 5.64. The third-order valence-electron chi connectivity index (χ3n) is 4.96. The second-order valence-electron chi connectivity index (χ2n) is 7.79. The normalized spacial score (nSPS) is 15.0. The van der Waals surface area contributed by atoms with Gasteiger partial charge in [-0.05, 0) is 13.8 Å². The Labute approximate surface area is 175 Å². The number of hydrogen-bond donors (Lipinski definition) is 2. The van der Waals surface area contributed by atoms with Crippen LogP contribution in [0.2, 0.25) is 0 Å². The van der Waals surface area contributed by atoms with Gasteiger partial charge in [0.05, 0.1) is 28.0 Å². The zero-order chi connectivity index (χ0) is 21.1. The van der Waals surface area contributed by atoms with Gasteiger partial charge in [-0.25, -0.2) is 4.98 Å². The Hall–Kier alpha value is -2.39. The first-order valence-corrected chi connectivity index (χ1v) is 10.8. The fourth-order valence-corrected chi connectivity index (χ4v) is 4.56. The first-order chi connectivity index (χ1) is 13.8. The number of pyridine rings is 1. The third-order valence-corrected chi connectivity index (χ3v) is 5.95. The first kappa shape index (κ1) is 21.3. The maximum Gasteiger partial charge on any atom is 0.254 e. The molecule has 0 spiro atoms. The van der Waals surface area contributed by atoms with E-state index in [1.807, 2.05) is 33.3 Å². The van der Waals surface area contributed by atoms with Crippen LogP contribution in [0.15, 0.2) is 11.4 Å². The van der Waals surface area contributed by atoms with E-state index in [0.717, 1.165) is 47.9 Å². The van der Waals surface area contributed by atoms with Crippen molar-refractivity contribution in [1.29, 1.82) is 0 Å². The summed E-state index contributed by atoms with van der Waals surface area (Å²) < 4.78 is 1.02. The molecule has 3 heterocycles. The topological polar surface area (TPSA) is 80.8 Å².